The second-order valence-electron chi connectivity index (χ2n) is 8.19. The highest BCUT2D eigenvalue weighted by Crippen LogP contribution is 2.25. The second kappa shape index (κ2) is 9.02. The Kier molecular flexibility index (Phi) is 6.71. The van der Waals surface area contributed by atoms with Crippen LogP contribution < -0.4 is 4.74 Å². The van der Waals surface area contributed by atoms with Crippen molar-refractivity contribution in [3.8, 4) is 5.75 Å². The van der Waals surface area contributed by atoms with Crippen LogP contribution in [0, 0.1) is 11.7 Å². The molecule has 2 atom stereocenters. The van der Waals surface area contributed by atoms with E-state index in [0.29, 0.717) is 24.9 Å². The van der Waals surface area contributed by atoms with Gasteiger partial charge >= 0.3 is 0 Å². The van der Waals surface area contributed by atoms with E-state index < -0.39 is 0 Å². The molecule has 2 fully saturated rings. The molecule has 3 rings (SSSR count). The Hall–Kier alpha value is -1.66. The Morgan fingerprint density at radius 2 is 1.81 bits per heavy atom. The van der Waals surface area contributed by atoms with Crippen LogP contribution in [-0.4, -0.2) is 80.1 Å². The maximum atomic E-state index is 13.8. The lowest BCUT2D eigenvalue weighted by Crippen LogP contribution is -2.46. The molecule has 0 aliphatic carbocycles. The van der Waals surface area contributed by atoms with Crippen LogP contribution in [-0.2, 0) is 4.79 Å². The van der Waals surface area contributed by atoms with Crippen LogP contribution in [0.15, 0.2) is 24.3 Å². The monoisotopic (exact) mass is 377 g/mol. The van der Waals surface area contributed by atoms with Crippen molar-refractivity contribution < 1.29 is 13.9 Å². The highest BCUT2D eigenvalue weighted by atomic mass is 19.1. The van der Waals surface area contributed by atoms with Crippen molar-refractivity contribution in [2.45, 2.75) is 37.8 Å². The summed E-state index contributed by atoms with van der Waals surface area (Å²) in [6, 6.07) is 7.02. The van der Waals surface area contributed by atoms with Crippen molar-refractivity contribution in [3.63, 3.8) is 0 Å². The molecule has 1 aromatic carbocycles. The largest absolute Gasteiger partial charge is 0.487 e. The van der Waals surface area contributed by atoms with Crippen molar-refractivity contribution in [3.05, 3.63) is 30.1 Å². The number of likely N-dealkylation sites (N-methyl/N-ethyl adjacent to an activating group) is 2. The van der Waals surface area contributed by atoms with Crippen LogP contribution in [0.4, 0.5) is 4.39 Å². The molecule has 0 spiro atoms. The van der Waals surface area contributed by atoms with Crippen molar-refractivity contribution in [1.82, 2.24) is 14.7 Å². The summed E-state index contributed by atoms with van der Waals surface area (Å²) in [5.74, 6) is 0.324. The normalized spacial score (nSPS) is 25.4. The highest BCUT2D eigenvalue weighted by molar-refractivity contribution is 5.79. The molecular weight excluding hydrogens is 345 g/mol. The average molecular weight is 378 g/mol. The number of para-hydroxylation sites is 1. The molecule has 1 amide bonds. The van der Waals surface area contributed by atoms with Gasteiger partial charge in [-0.2, -0.15) is 0 Å². The Morgan fingerprint density at radius 3 is 2.48 bits per heavy atom. The van der Waals surface area contributed by atoms with E-state index in [-0.39, 0.29) is 23.7 Å². The predicted octanol–water partition coefficient (Wildman–Crippen LogP) is 2.47. The van der Waals surface area contributed by atoms with Crippen LogP contribution in [0.1, 0.15) is 25.7 Å². The number of benzene rings is 1. The van der Waals surface area contributed by atoms with Gasteiger partial charge in [0.15, 0.2) is 11.6 Å². The second-order valence-corrected chi connectivity index (χ2v) is 8.19. The minimum Gasteiger partial charge on any atom is -0.487 e. The quantitative estimate of drug-likeness (QED) is 0.808. The van der Waals surface area contributed by atoms with Gasteiger partial charge < -0.3 is 19.4 Å². The van der Waals surface area contributed by atoms with E-state index in [2.05, 4.69) is 30.9 Å². The van der Waals surface area contributed by atoms with Gasteiger partial charge in [0.25, 0.3) is 0 Å². The van der Waals surface area contributed by atoms with E-state index >= 15 is 0 Å². The number of carbonyl (C=O) groups excluding carboxylic acids is 1. The van der Waals surface area contributed by atoms with Gasteiger partial charge in [-0.1, -0.05) is 12.1 Å². The molecule has 6 heteroatoms. The average Bonchev–Trinajstić information content (AvgIpc) is 2.85. The third kappa shape index (κ3) is 5.20. The zero-order valence-corrected chi connectivity index (χ0v) is 16.7. The lowest BCUT2D eigenvalue weighted by atomic mass is 9.98. The van der Waals surface area contributed by atoms with Crippen LogP contribution in [0.25, 0.3) is 0 Å². The molecule has 2 heterocycles. The van der Waals surface area contributed by atoms with Gasteiger partial charge in [0, 0.05) is 45.1 Å². The first-order valence-corrected chi connectivity index (χ1v) is 9.99. The van der Waals surface area contributed by atoms with Gasteiger partial charge in [-0.3, -0.25) is 4.79 Å². The summed E-state index contributed by atoms with van der Waals surface area (Å²) in [6.07, 6.45) is 3.48. The fraction of sp³-hybridized carbons (Fsp3) is 0.667. The number of piperidine rings is 1. The summed E-state index contributed by atoms with van der Waals surface area (Å²) in [5, 5.41) is 0. The molecule has 0 aromatic heterocycles. The van der Waals surface area contributed by atoms with Crippen molar-refractivity contribution in [1.29, 1.82) is 0 Å². The van der Waals surface area contributed by atoms with Gasteiger partial charge in [0.05, 0.1) is 5.92 Å². The SMILES string of the molecule is CN1C[C@H](C(=O)N2CCC(Oc3ccccc3F)CC2)CC[C@H](N(C)C)C1. The molecule has 2 aliphatic rings. The third-order valence-electron chi connectivity index (χ3n) is 5.87. The van der Waals surface area contributed by atoms with Gasteiger partial charge in [0.2, 0.25) is 5.91 Å². The molecule has 0 radical (unpaired) electrons. The number of halogens is 1. The first-order chi connectivity index (χ1) is 12.9. The fourth-order valence-electron chi connectivity index (χ4n) is 4.18. The van der Waals surface area contributed by atoms with Crippen molar-refractivity contribution in [2.24, 2.45) is 5.92 Å². The molecule has 2 saturated heterocycles. The minimum atomic E-state index is -0.326. The van der Waals surface area contributed by atoms with Gasteiger partial charge in [-0.05, 0) is 46.1 Å². The summed E-state index contributed by atoms with van der Waals surface area (Å²) in [5.41, 5.74) is 0. The van der Waals surface area contributed by atoms with Crippen LogP contribution in [0.3, 0.4) is 0 Å². The summed E-state index contributed by atoms with van der Waals surface area (Å²) in [6.45, 7) is 3.22. The topological polar surface area (TPSA) is 36.0 Å². The lowest BCUT2D eigenvalue weighted by molar-refractivity contribution is -0.138. The number of rotatable bonds is 4. The summed E-state index contributed by atoms with van der Waals surface area (Å²) < 4.78 is 19.6. The van der Waals surface area contributed by atoms with Gasteiger partial charge in [0.1, 0.15) is 6.10 Å². The number of hydrogen-bond acceptors (Lipinski definition) is 4. The molecule has 27 heavy (non-hydrogen) atoms. The van der Waals surface area contributed by atoms with Crippen molar-refractivity contribution in [2.75, 3.05) is 47.3 Å². The highest BCUT2D eigenvalue weighted by Gasteiger charge is 2.32. The molecule has 0 N–H and O–H groups in total. The lowest BCUT2D eigenvalue weighted by Gasteiger charge is -2.34. The Labute approximate surface area is 162 Å². The summed E-state index contributed by atoms with van der Waals surface area (Å²) in [7, 11) is 6.33. The van der Waals surface area contributed by atoms with Gasteiger partial charge in [-0.15, -0.1) is 0 Å². The molecule has 2 aliphatic heterocycles. The fourth-order valence-corrected chi connectivity index (χ4v) is 4.18. The van der Waals surface area contributed by atoms with E-state index in [1.54, 1.807) is 18.2 Å². The van der Waals surface area contributed by atoms with E-state index in [1.165, 1.54) is 6.07 Å². The minimum absolute atomic E-state index is 0.0270. The molecule has 0 unspecified atom stereocenters. The number of likely N-dealkylation sites (tertiary alicyclic amines) is 2. The molecule has 0 saturated carbocycles. The molecule has 1 aromatic rings. The Bertz CT molecular complexity index is 632. The molecule has 150 valence electrons. The maximum absolute atomic E-state index is 13.8. The zero-order chi connectivity index (χ0) is 19.4. The van der Waals surface area contributed by atoms with Crippen LogP contribution in [0.5, 0.6) is 5.75 Å². The van der Waals surface area contributed by atoms with Crippen LogP contribution in [0.2, 0.25) is 0 Å². The number of hydrogen-bond donors (Lipinski definition) is 0. The Morgan fingerprint density at radius 1 is 1.11 bits per heavy atom. The zero-order valence-electron chi connectivity index (χ0n) is 16.7. The van der Waals surface area contributed by atoms with E-state index in [4.69, 9.17) is 4.74 Å². The predicted molar refractivity (Wildman–Crippen MR) is 104 cm³/mol. The number of nitrogens with zero attached hydrogens (tertiary/aromatic N) is 3. The number of ether oxygens (including phenoxy) is 1. The van der Waals surface area contributed by atoms with Crippen LogP contribution >= 0.6 is 0 Å². The summed E-state index contributed by atoms with van der Waals surface area (Å²) >= 11 is 0. The molecular formula is C21H32FN3O2. The van der Waals surface area contributed by atoms with Crippen molar-refractivity contribution >= 4 is 5.91 Å². The van der Waals surface area contributed by atoms with E-state index in [0.717, 1.165) is 38.8 Å². The first kappa shape index (κ1) is 20.1. The number of carbonyl (C=O) groups is 1. The molecule has 5 nitrogen and oxygen atoms in total. The third-order valence-corrected chi connectivity index (χ3v) is 5.87. The Balaban J connectivity index is 1.51. The van der Waals surface area contributed by atoms with Gasteiger partial charge in [-0.25, -0.2) is 4.39 Å². The number of amides is 1. The summed E-state index contributed by atoms with van der Waals surface area (Å²) in [4.78, 5) is 19.6. The van der Waals surface area contributed by atoms with E-state index in [9.17, 15) is 9.18 Å². The molecule has 0 bridgehead atoms. The van der Waals surface area contributed by atoms with E-state index in [1.807, 2.05) is 4.90 Å². The smallest absolute Gasteiger partial charge is 0.226 e. The maximum Gasteiger partial charge on any atom is 0.226 e. The first-order valence-electron chi connectivity index (χ1n) is 9.99. The standard InChI is InChI=1S/C21H32FN3O2/c1-23(2)17-9-8-16(14-24(3)15-17)21(26)25-12-10-18(11-13-25)27-20-7-5-4-6-19(20)22/h4-7,16-18H,8-15H2,1-3H3/t16-,17+/m1/s1.